The Kier molecular flexibility index (Phi) is 3.35. The summed E-state index contributed by atoms with van der Waals surface area (Å²) in [6, 6.07) is 16.3. The maximum atomic E-state index is 6.13. The van der Waals surface area contributed by atoms with Crippen molar-refractivity contribution in [3.63, 3.8) is 0 Å². The van der Waals surface area contributed by atoms with Gasteiger partial charge in [0, 0.05) is 5.41 Å². The quantitative estimate of drug-likeness (QED) is 0.671. The zero-order valence-corrected chi connectivity index (χ0v) is 12.4. The molecule has 4 heterocycles. The van der Waals surface area contributed by atoms with Gasteiger partial charge in [-0.25, -0.2) is 0 Å². The van der Waals surface area contributed by atoms with E-state index in [0.717, 1.165) is 11.5 Å². The summed E-state index contributed by atoms with van der Waals surface area (Å²) in [6.07, 6.45) is 0. The summed E-state index contributed by atoms with van der Waals surface area (Å²) in [5, 5.41) is 0. The number of halogens is 1. The van der Waals surface area contributed by atoms with E-state index in [1.165, 1.54) is 11.1 Å². The Bertz CT molecular complexity index is 587. The van der Waals surface area contributed by atoms with Crippen LogP contribution in [0, 0.1) is 0 Å². The minimum atomic E-state index is -0.505. The van der Waals surface area contributed by atoms with E-state index in [1.807, 2.05) is 24.3 Å². The largest absolute Gasteiger partial charge is 0.488 e. The van der Waals surface area contributed by atoms with Crippen LogP contribution in [-0.2, 0) is 5.41 Å². The molecule has 6 rings (SSSR count). The fourth-order valence-electron chi connectivity index (χ4n) is 2.43. The molecule has 0 aliphatic carbocycles. The molecule has 1 atom stereocenters. The molecule has 0 aromatic heterocycles. The standard InChI is InChI=1S/C17H17ClO2/c1-17(2)12-3-7-14(8-4-12)19-11-16(18)20-15-9-5-13(17)6-10-15/h3-10,16H,11H2,1-2H3. The molecule has 0 saturated carbocycles. The van der Waals surface area contributed by atoms with Crippen LogP contribution in [-0.4, -0.2) is 12.2 Å². The van der Waals surface area contributed by atoms with Crippen molar-refractivity contribution >= 4 is 11.6 Å². The van der Waals surface area contributed by atoms with Gasteiger partial charge in [-0.2, -0.15) is 0 Å². The van der Waals surface area contributed by atoms with E-state index in [2.05, 4.69) is 38.1 Å². The zero-order chi connectivity index (χ0) is 14.2. The summed E-state index contributed by atoms with van der Waals surface area (Å²) in [4.78, 5) is 0. The molecule has 4 bridgehead atoms. The van der Waals surface area contributed by atoms with Crippen LogP contribution in [0.4, 0.5) is 0 Å². The molecule has 0 N–H and O–H groups in total. The van der Waals surface area contributed by atoms with Crippen molar-refractivity contribution in [2.24, 2.45) is 0 Å². The number of benzene rings is 2. The van der Waals surface area contributed by atoms with Gasteiger partial charge in [-0.05, 0) is 35.4 Å². The van der Waals surface area contributed by atoms with Crippen molar-refractivity contribution in [2.45, 2.75) is 24.8 Å². The fraction of sp³-hybridized carbons (Fsp3) is 0.294. The summed E-state index contributed by atoms with van der Waals surface area (Å²) < 4.78 is 11.3. The number of hydrogen-bond donors (Lipinski definition) is 0. The molecule has 0 saturated heterocycles. The third-order valence-electron chi connectivity index (χ3n) is 3.80. The molecule has 4 aliphatic rings. The first-order valence-electron chi connectivity index (χ1n) is 6.70. The molecule has 0 radical (unpaired) electrons. The van der Waals surface area contributed by atoms with E-state index >= 15 is 0 Å². The Morgan fingerprint density at radius 3 is 1.95 bits per heavy atom. The molecular weight excluding hydrogens is 272 g/mol. The highest BCUT2D eigenvalue weighted by Crippen LogP contribution is 2.34. The molecule has 20 heavy (non-hydrogen) atoms. The molecule has 4 aliphatic heterocycles. The second-order valence-electron chi connectivity index (χ2n) is 5.51. The first-order chi connectivity index (χ1) is 9.55. The van der Waals surface area contributed by atoms with Gasteiger partial charge in [0.25, 0.3) is 0 Å². The Labute approximate surface area is 124 Å². The Balaban J connectivity index is 2.09. The molecule has 0 amide bonds. The van der Waals surface area contributed by atoms with Crippen molar-refractivity contribution in [3.8, 4) is 11.5 Å². The summed E-state index contributed by atoms with van der Waals surface area (Å²) in [5.74, 6) is 1.57. The van der Waals surface area contributed by atoms with E-state index in [1.54, 1.807) is 0 Å². The predicted molar refractivity (Wildman–Crippen MR) is 80.8 cm³/mol. The average molecular weight is 289 g/mol. The van der Waals surface area contributed by atoms with Gasteiger partial charge in [-0.3, -0.25) is 0 Å². The highest BCUT2D eigenvalue weighted by atomic mass is 35.5. The van der Waals surface area contributed by atoms with Gasteiger partial charge in [0.05, 0.1) is 0 Å². The lowest BCUT2D eigenvalue weighted by atomic mass is 9.78. The van der Waals surface area contributed by atoms with Gasteiger partial charge >= 0.3 is 0 Å². The van der Waals surface area contributed by atoms with Crippen LogP contribution in [0.15, 0.2) is 48.5 Å². The van der Waals surface area contributed by atoms with Crippen molar-refractivity contribution in [3.05, 3.63) is 59.7 Å². The SMILES string of the molecule is CC1(C)c2ccc(cc2)OCC(Cl)Oc2ccc1cc2. The summed E-state index contributed by atoms with van der Waals surface area (Å²) in [5.41, 5.74) is 1.92. The maximum absolute atomic E-state index is 6.13. The highest BCUT2D eigenvalue weighted by Gasteiger charge is 2.23. The van der Waals surface area contributed by atoms with E-state index < -0.39 is 5.56 Å². The number of hydrogen-bond acceptors (Lipinski definition) is 2. The molecule has 104 valence electrons. The van der Waals surface area contributed by atoms with Crippen LogP contribution in [0.3, 0.4) is 0 Å². The van der Waals surface area contributed by atoms with Crippen LogP contribution in [0.5, 0.6) is 11.5 Å². The van der Waals surface area contributed by atoms with Crippen molar-refractivity contribution in [1.82, 2.24) is 0 Å². The third kappa shape index (κ3) is 2.48. The smallest absolute Gasteiger partial charge is 0.205 e. The minimum absolute atomic E-state index is 0.0640. The second-order valence-corrected chi connectivity index (χ2v) is 6.00. The molecule has 3 heteroatoms. The minimum Gasteiger partial charge on any atom is -0.488 e. The molecule has 2 aromatic rings. The first kappa shape index (κ1) is 13.3. The van der Waals surface area contributed by atoms with Gasteiger partial charge in [-0.1, -0.05) is 49.7 Å². The molecule has 1 unspecified atom stereocenters. The predicted octanol–water partition coefficient (Wildman–Crippen LogP) is 4.35. The van der Waals surface area contributed by atoms with Gasteiger partial charge in [-0.15, -0.1) is 0 Å². The molecular formula is C17H17ClO2. The number of alkyl halides is 1. The summed E-state index contributed by atoms with van der Waals surface area (Å²) in [7, 11) is 0. The second kappa shape index (κ2) is 5.02. The maximum Gasteiger partial charge on any atom is 0.205 e. The lowest BCUT2D eigenvalue weighted by molar-refractivity contribution is 0.187. The van der Waals surface area contributed by atoms with Crippen molar-refractivity contribution in [2.75, 3.05) is 6.61 Å². The van der Waals surface area contributed by atoms with Gasteiger partial charge in [0.2, 0.25) is 5.56 Å². The highest BCUT2D eigenvalue weighted by molar-refractivity contribution is 6.20. The van der Waals surface area contributed by atoms with Crippen LogP contribution in [0.1, 0.15) is 25.0 Å². The molecule has 2 aromatic carbocycles. The van der Waals surface area contributed by atoms with Crippen LogP contribution in [0.25, 0.3) is 0 Å². The fourth-order valence-corrected chi connectivity index (χ4v) is 2.59. The topological polar surface area (TPSA) is 18.5 Å². The van der Waals surface area contributed by atoms with Crippen LogP contribution in [0.2, 0.25) is 0 Å². The Morgan fingerprint density at radius 1 is 0.900 bits per heavy atom. The van der Waals surface area contributed by atoms with Crippen molar-refractivity contribution in [1.29, 1.82) is 0 Å². The van der Waals surface area contributed by atoms with Gasteiger partial charge in [0.1, 0.15) is 18.1 Å². The summed E-state index contributed by atoms with van der Waals surface area (Å²) >= 11 is 6.13. The molecule has 0 spiro atoms. The van der Waals surface area contributed by atoms with E-state index in [4.69, 9.17) is 21.1 Å². The lowest BCUT2D eigenvalue weighted by Gasteiger charge is -2.26. The first-order valence-corrected chi connectivity index (χ1v) is 7.14. The third-order valence-corrected chi connectivity index (χ3v) is 4.01. The normalized spacial score (nSPS) is 20.2. The van der Waals surface area contributed by atoms with Gasteiger partial charge < -0.3 is 9.47 Å². The monoisotopic (exact) mass is 288 g/mol. The number of rotatable bonds is 0. The van der Waals surface area contributed by atoms with E-state index in [0.29, 0.717) is 6.61 Å². The lowest BCUT2D eigenvalue weighted by Crippen LogP contribution is -2.18. The van der Waals surface area contributed by atoms with Crippen LogP contribution >= 0.6 is 11.6 Å². The Morgan fingerprint density at radius 2 is 1.40 bits per heavy atom. The van der Waals surface area contributed by atoms with E-state index in [-0.39, 0.29) is 5.41 Å². The summed E-state index contributed by atoms with van der Waals surface area (Å²) in [6.45, 7) is 4.73. The van der Waals surface area contributed by atoms with Crippen LogP contribution < -0.4 is 9.47 Å². The zero-order valence-electron chi connectivity index (χ0n) is 11.6. The van der Waals surface area contributed by atoms with Gasteiger partial charge in [0.15, 0.2) is 0 Å². The Hall–Kier alpha value is -1.67. The van der Waals surface area contributed by atoms with Crippen molar-refractivity contribution < 1.29 is 9.47 Å². The average Bonchev–Trinajstić information content (AvgIpc) is 2.47. The van der Waals surface area contributed by atoms with E-state index in [9.17, 15) is 0 Å². The molecule has 2 nitrogen and oxygen atoms in total. The number of ether oxygens (including phenoxy) is 2. The molecule has 0 fully saturated rings.